The Morgan fingerprint density at radius 2 is 2.24 bits per heavy atom. The predicted octanol–water partition coefficient (Wildman–Crippen LogP) is 0.684. The average Bonchev–Trinajstić information content (AvgIpc) is 2.70. The molecule has 2 N–H and O–H groups in total. The van der Waals surface area contributed by atoms with Crippen LogP contribution < -0.4 is 15.4 Å². The van der Waals surface area contributed by atoms with Crippen LogP contribution in [0.3, 0.4) is 0 Å². The number of fused-ring (bicyclic) bond motifs is 1. The van der Waals surface area contributed by atoms with Crippen molar-refractivity contribution in [3.8, 4) is 5.75 Å². The number of hydrogen-bond donors (Lipinski definition) is 2. The summed E-state index contributed by atoms with van der Waals surface area (Å²) in [5.74, 6) is 0.907. The van der Waals surface area contributed by atoms with E-state index in [1.54, 1.807) is 0 Å². The average molecular weight is 310 g/mol. The van der Waals surface area contributed by atoms with Crippen molar-refractivity contribution in [2.45, 2.75) is 25.4 Å². The third-order valence-corrected chi connectivity index (χ3v) is 5.80. The van der Waals surface area contributed by atoms with Gasteiger partial charge in [0.1, 0.15) is 5.75 Å². The van der Waals surface area contributed by atoms with Gasteiger partial charge in [-0.2, -0.15) is 0 Å². The van der Waals surface area contributed by atoms with E-state index in [9.17, 15) is 13.2 Å². The van der Waals surface area contributed by atoms with Crippen LogP contribution in [0.1, 0.15) is 18.9 Å². The van der Waals surface area contributed by atoms with Crippen LogP contribution in [0.15, 0.2) is 18.2 Å². The van der Waals surface area contributed by atoms with Crippen molar-refractivity contribution in [1.82, 2.24) is 5.32 Å². The lowest BCUT2D eigenvalue weighted by molar-refractivity contribution is -0.118. The summed E-state index contributed by atoms with van der Waals surface area (Å²) in [5.41, 5.74) is 1.26. The van der Waals surface area contributed by atoms with Crippen molar-refractivity contribution in [3.63, 3.8) is 0 Å². The number of hydrogen-bond acceptors (Lipinski definition) is 5. The first-order valence-corrected chi connectivity index (χ1v) is 8.68. The molecule has 1 aromatic rings. The second-order valence-corrected chi connectivity index (χ2v) is 8.11. The molecule has 0 spiro atoms. The Bertz CT molecular complexity index is 686. The van der Waals surface area contributed by atoms with Gasteiger partial charge in [-0.25, -0.2) is 8.42 Å². The largest absolute Gasteiger partial charge is 0.482 e. The molecule has 1 saturated heterocycles. The standard InChI is InChI=1S/C14H18N2O4S/c1-14(4-5-21(18,19)9-14)15-7-10-2-3-12-11(6-10)16-13(17)8-20-12/h2-3,6,15H,4-5,7-9H2,1H3,(H,16,17). The highest BCUT2D eigenvalue weighted by atomic mass is 32.2. The molecule has 1 aromatic carbocycles. The third kappa shape index (κ3) is 3.19. The Morgan fingerprint density at radius 3 is 2.95 bits per heavy atom. The molecule has 1 amide bonds. The van der Waals surface area contributed by atoms with Crippen LogP contribution in [0.25, 0.3) is 0 Å². The fourth-order valence-electron chi connectivity index (χ4n) is 2.71. The van der Waals surface area contributed by atoms with Crippen LogP contribution in [-0.2, 0) is 21.2 Å². The van der Waals surface area contributed by atoms with Crippen LogP contribution in [0.2, 0.25) is 0 Å². The lowest BCUT2D eigenvalue weighted by Crippen LogP contribution is -2.42. The van der Waals surface area contributed by atoms with Crippen LogP contribution in [0.4, 0.5) is 5.69 Å². The first kappa shape index (κ1) is 14.3. The first-order valence-electron chi connectivity index (χ1n) is 6.86. The van der Waals surface area contributed by atoms with Crippen molar-refractivity contribution >= 4 is 21.4 Å². The molecule has 2 heterocycles. The van der Waals surface area contributed by atoms with Gasteiger partial charge in [-0.3, -0.25) is 4.79 Å². The number of sulfone groups is 1. The first-order chi connectivity index (χ1) is 9.85. The highest BCUT2D eigenvalue weighted by molar-refractivity contribution is 7.91. The van der Waals surface area contributed by atoms with Crippen molar-refractivity contribution in [3.05, 3.63) is 23.8 Å². The Labute approximate surface area is 123 Å². The minimum Gasteiger partial charge on any atom is -0.482 e. The van der Waals surface area contributed by atoms with Crippen LogP contribution >= 0.6 is 0 Å². The normalized spacial score (nSPS) is 26.8. The number of nitrogens with one attached hydrogen (secondary N) is 2. The van der Waals surface area contributed by atoms with Gasteiger partial charge in [-0.05, 0) is 31.0 Å². The smallest absolute Gasteiger partial charge is 0.262 e. The summed E-state index contributed by atoms with van der Waals surface area (Å²) < 4.78 is 28.5. The molecular weight excluding hydrogens is 292 g/mol. The molecule has 3 rings (SSSR count). The van der Waals surface area contributed by atoms with Gasteiger partial charge in [-0.15, -0.1) is 0 Å². The molecule has 0 saturated carbocycles. The molecule has 1 unspecified atom stereocenters. The number of rotatable bonds is 3. The van der Waals surface area contributed by atoms with E-state index in [2.05, 4.69) is 10.6 Å². The monoisotopic (exact) mass is 310 g/mol. The van der Waals surface area contributed by atoms with Crippen molar-refractivity contribution < 1.29 is 17.9 Å². The molecule has 7 heteroatoms. The molecule has 0 radical (unpaired) electrons. The van der Waals surface area contributed by atoms with Gasteiger partial charge < -0.3 is 15.4 Å². The number of carbonyl (C=O) groups excluding carboxylic acids is 1. The van der Waals surface area contributed by atoms with Crippen molar-refractivity contribution in [2.75, 3.05) is 23.4 Å². The molecule has 0 bridgehead atoms. The van der Waals surface area contributed by atoms with E-state index < -0.39 is 9.84 Å². The predicted molar refractivity (Wildman–Crippen MR) is 79.1 cm³/mol. The second kappa shape index (κ2) is 4.99. The van der Waals surface area contributed by atoms with Gasteiger partial charge in [0.25, 0.3) is 5.91 Å². The van der Waals surface area contributed by atoms with Crippen LogP contribution in [0, 0.1) is 0 Å². The van der Waals surface area contributed by atoms with Crippen LogP contribution in [0.5, 0.6) is 5.75 Å². The summed E-state index contributed by atoms with van der Waals surface area (Å²) in [6, 6.07) is 5.59. The van der Waals surface area contributed by atoms with Gasteiger partial charge in [0.2, 0.25) is 0 Å². The number of benzene rings is 1. The summed E-state index contributed by atoms with van der Waals surface area (Å²) in [6.45, 7) is 2.52. The highest BCUT2D eigenvalue weighted by Gasteiger charge is 2.37. The van der Waals surface area contributed by atoms with E-state index in [4.69, 9.17) is 4.74 Å². The molecule has 2 aliphatic rings. The van der Waals surface area contributed by atoms with Crippen molar-refractivity contribution in [1.29, 1.82) is 0 Å². The summed E-state index contributed by atoms with van der Waals surface area (Å²) in [4.78, 5) is 11.3. The molecule has 1 atom stereocenters. The zero-order chi connectivity index (χ0) is 15.1. The molecule has 0 aliphatic carbocycles. The number of ether oxygens (including phenoxy) is 1. The Morgan fingerprint density at radius 1 is 1.43 bits per heavy atom. The fraction of sp³-hybridized carbons (Fsp3) is 0.500. The minimum atomic E-state index is -2.92. The minimum absolute atomic E-state index is 0.0422. The van der Waals surface area contributed by atoms with Gasteiger partial charge >= 0.3 is 0 Å². The van der Waals surface area contributed by atoms with E-state index in [1.807, 2.05) is 25.1 Å². The van der Waals surface area contributed by atoms with E-state index in [0.717, 1.165) is 5.56 Å². The Balaban J connectivity index is 1.69. The van der Waals surface area contributed by atoms with Gasteiger partial charge in [0.15, 0.2) is 16.4 Å². The molecular formula is C14H18N2O4S. The third-order valence-electron chi connectivity index (χ3n) is 3.90. The molecule has 6 nitrogen and oxygen atoms in total. The number of anilines is 1. The van der Waals surface area contributed by atoms with Gasteiger partial charge in [0.05, 0.1) is 17.2 Å². The summed E-state index contributed by atoms with van der Waals surface area (Å²) in [6.07, 6.45) is 0.625. The fourth-order valence-corrected chi connectivity index (χ4v) is 4.83. The van der Waals surface area contributed by atoms with Gasteiger partial charge in [0, 0.05) is 12.1 Å². The Hall–Kier alpha value is -1.60. The van der Waals surface area contributed by atoms with E-state index in [1.165, 1.54) is 0 Å². The molecule has 1 fully saturated rings. The zero-order valence-corrected chi connectivity index (χ0v) is 12.6. The quantitative estimate of drug-likeness (QED) is 0.858. The SMILES string of the molecule is CC1(NCc2ccc3c(c2)NC(=O)CO3)CCS(=O)(=O)C1. The molecule has 2 aliphatic heterocycles. The van der Waals surface area contributed by atoms with E-state index in [0.29, 0.717) is 24.4 Å². The van der Waals surface area contributed by atoms with Crippen molar-refractivity contribution in [2.24, 2.45) is 0 Å². The lowest BCUT2D eigenvalue weighted by atomic mass is 10.0. The summed E-state index contributed by atoms with van der Waals surface area (Å²) >= 11 is 0. The maximum absolute atomic E-state index is 11.6. The lowest BCUT2D eigenvalue weighted by Gasteiger charge is -2.25. The van der Waals surface area contributed by atoms with Gasteiger partial charge in [-0.1, -0.05) is 6.07 Å². The molecule has 0 aromatic heterocycles. The zero-order valence-electron chi connectivity index (χ0n) is 11.8. The maximum Gasteiger partial charge on any atom is 0.262 e. The summed E-state index contributed by atoms with van der Waals surface area (Å²) in [5, 5.41) is 6.08. The Kier molecular flexibility index (Phi) is 3.41. The highest BCUT2D eigenvalue weighted by Crippen LogP contribution is 2.29. The van der Waals surface area contributed by atoms with E-state index in [-0.39, 0.29) is 29.6 Å². The summed E-state index contributed by atoms with van der Waals surface area (Å²) in [7, 11) is -2.92. The topological polar surface area (TPSA) is 84.5 Å². The van der Waals surface area contributed by atoms with Crippen LogP contribution in [-0.4, -0.2) is 38.0 Å². The number of carbonyl (C=O) groups is 1. The van der Waals surface area contributed by atoms with E-state index >= 15 is 0 Å². The number of amides is 1. The molecule has 21 heavy (non-hydrogen) atoms. The molecule has 114 valence electrons. The second-order valence-electron chi connectivity index (χ2n) is 5.92. The maximum atomic E-state index is 11.6.